The molecule has 1 unspecified atom stereocenters. The van der Waals surface area contributed by atoms with E-state index in [4.69, 9.17) is 9.47 Å². The average molecular weight is 441 g/mol. The van der Waals surface area contributed by atoms with E-state index in [9.17, 15) is 0 Å². The third-order valence-electron chi connectivity index (χ3n) is 5.14. The number of rotatable bonds is 13. The molecule has 138 valence electrons. The van der Waals surface area contributed by atoms with Crippen LogP contribution in [0.3, 0.4) is 0 Å². The molecule has 0 heterocycles. The van der Waals surface area contributed by atoms with Gasteiger partial charge in [0.05, 0.1) is 0 Å². The second-order valence-electron chi connectivity index (χ2n) is 7.30. The molecule has 3 heteroatoms. The van der Waals surface area contributed by atoms with E-state index >= 15 is 0 Å². The zero-order chi connectivity index (χ0) is 17.8. The molecule has 1 aromatic rings. The molecule has 24 heavy (non-hydrogen) atoms. The molecule has 0 saturated carbocycles. The molecule has 0 radical (unpaired) electrons. The first-order chi connectivity index (χ1) is 11.6. The van der Waals surface area contributed by atoms with Gasteiger partial charge in [-0.3, -0.25) is 0 Å². The Bertz CT molecular complexity index is 422. The summed E-state index contributed by atoms with van der Waals surface area (Å²) in [7, 11) is 1.71. The Labute approximate surface area is 154 Å². The molecular weight excluding hydrogens is 403 g/mol. The summed E-state index contributed by atoms with van der Waals surface area (Å²) in [4.78, 5) is 2.66. The van der Waals surface area contributed by atoms with Gasteiger partial charge in [-0.2, -0.15) is 0 Å². The third kappa shape index (κ3) is 7.35. The van der Waals surface area contributed by atoms with Gasteiger partial charge < -0.3 is 0 Å². The standard InChI is InChI=1S/C12H17O2.2C4H9.CH3.Sn/c1-3-4-9-14-10-11-5-7-12(13-2)8-6-11;2*1-3-4-2;;/h5-9H,3-4,10H2,1-2H3;2*1,3-4H2,2H3;1H3;. The fraction of sp³-hybridized carbons (Fsp3) is 0.714. The summed E-state index contributed by atoms with van der Waals surface area (Å²) in [5, 5.41) is 0. The normalized spacial score (nSPS) is 13.0. The maximum absolute atomic E-state index is 6.55. The van der Waals surface area contributed by atoms with Crippen LogP contribution in [0.2, 0.25) is 13.8 Å². The van der Waals surface area contributed by atoms with Crippen molar-refractivity contribution in [1.29, 1.82) is 0 Å². The monoisotopic (exact) mass is 442 g/mol. The zero-order valence-corrected chi connectivity index (χ0v) is 19.4. The number of ether oxygens (including phenoxy) is 2. The molecule has 0 aliphatic carbocycles. The Morgan fingerprint density at radius 3 is 1.96 bits per heavy atom. The molecule has 1 aromatic carbocycles. The van der Waals surface area contributed by atoms with Crippen molar-refractivity contribution in [2.75, 3.05) is 7.11 Å². The Morgan fingerprint density at radius 1 is 0.917 bits per heavy atom. The van der Waals surface area contributed by atoms with Gasteiger partial charge in [-0.25, -0.2) is 0 Å². The number of benzene rings is 1. The Balaban J connectivity index is 2.75. The molecule has 0 N–H and O–H groups in total. The Kier molecular flexibility index (Phi) is 11.1. The summed E-state index contributed by atoms with van der Waals surface area (Å²) < 4.78 is 15.3. The van der Waals surface area contributed by atoms with E-state index in [0.717, 1.165) is 12.4 Å². The van der Waals surface area contributed by atoms with E-state index in [0.29, 0.717) is 4.12 Å². The van der Waals surface area contributed by atoms with Crippen molar-refractivity contribution in [3.8, 4) is 5.75 Å². The van der Waals surface area contributed by atoms with Gasteiger partial charge in [0, 0.05) is 0 Å². The van der Waals surface area contributed by atoms with Crippen molar-refractivity contribution in [2.24, 2.45) is 0 Å². The molecule has 0 spiro atoms. The van der Waals surface area contributed by atoms with Crippen molar-refractivity contribution in [3.63, 3.8) is 0 Å². The van der Waals surface area contributed by atoms with Gasteiger partial charge in [-0.05, 0) is 0 Å². The summed E-state index contributed by atoms with van der Waals surface area (Å²) in [6.07, 6.45) is 7.89. The molecule has 0 amide bonds. The summed E-state index contributed by atoms with van der Waals surface area (Å²) in [6, 6.07) is 8.33. The molecule has 1 rings (SSSR count). The van der Waals surface area contributed by atoms with E-state index in [1.807, 2.05) is 12.1 Å². The van der Waals surface area contributed by atoms with Crippen LogP contribution in [0, 0.1) is 0 Å². The van der Waals surface area contributed by atoms with E-state index in [-0.39, 0.29) is 0 Å². The average Bonchev–Trinajstić information content (AvgIpc) is 2.62. The fourth-order valence-electron chi connectivity index (χ4n) is 3.42. The number of methoxy groups -OCH3 is 1. The minimum absolute atomic E-state index is 0.560. The van der Waals surface area contributed by atoms with E-state index in [1.54, 1.807) is 7.11 Å². The van der Waals surface area contributed by atoms with Crippen molar-refractivity contribution in [2.45, 2.75) is 83.8 Å². The number of hydrogen-bond acceptors (Lipinski definition) is 2. The Hall–Kier alpha value is -0.221. The van der Waals surface area contributed by atoms with Crippen LogP contribution in [0.4, 0.5) is 0 Å². The van der Waals surface area contributed by atoms with Gasteiger partial charge in [0.2, 0.25) is 0 Å². The summed E-state index contributed by atoms with van der Waals surface area (Å²) in [6.45, 7) is 7.69. The quantitative estimate of drug-likeness (QED) is 0.321. The zero-order valence-electron chi connectivity index (χ0n) is 16.6. The topological polar surface area (TPSA) is 18.5 Å². The van der Waals surface area contributed by atoms with Crippen LogP contribution in [0.25, 0.3) is 0 Å². The molecule has 0 saturated heterocycles. The molecular formula is C21H38O2Sn. The van der Waals surface area contributed by atoms with Gasteiger partial charge in [0.25, 0.3) is 0 Å². The van der Waals surface area contributed by atoms with Crippen molar-refractivity contribution < 1.29 is 9.47 Å². The summed E-state index contributed by atoms with van der Waals surface area (Å²) in [5.41, 5.74) is 1.26. The molecule has 1 atom stereocenters. The van der Waals surface area contributed by atoms with E-state index in [1.165, 1.54) is 53.0 Å². The first kappa shape index (κ1) is 21.8. The first-order valence-corrected chi connectivity index (χ1v) is 18.4. The minimum atomic E-state index is -2.21. The van der Waals surface area contributed by atoms with Gasteiger partial charge in [-0.1, -0.05) is 0 Å². The fourth-order valence-corrected chi connectivity index (χ4v) is 16.8. The van der Waals surface area contributed by atoms with Gasteiger partial charge in [0.15, 0.2) is 0 Å². The second-order valence-corrected chi connectivity index (χ2v) is 21.4. The summed E-state index contributed by atoms with van der Waals surface area (Å²) >= 11 is -2.21. The van der Waals surface area contributed by atoms with Crippen LogP contribution < -0.4 is 4.74 Å². The maximum atomic E-state index is 6.55. The molecule has 0 aliphatic heterocycles. The van der Waals surface area contributed by atoms with Crippen molar-refractivity contribution >= 4 is 18.4 Å². The molecule has 0 aromatic heterocycles. The van der Waals surface area contributed by atoms with Crippen LogP contribution in [0.5, 0.6) is 5.75 Å². The van der Waals surface area contributed by atoms with Crippen molar-refractivity contribution in [3.05, 3.63) is 29.8 Å². The van der Waals surface area contributed by atoms with E-state index in [2.05, 4.69) is 37.8 Å². The molecule has 0 aliphatic rings. The van der Waals surface area contributed by atoms with Gasteiger partial charge >= 0.3 is 154 Å². The van der Waals surface area contributed by atoms with Crippen LogP contribution in [-0.4, -0.2) is 29.6 Å². The SMILES string of the molecule is CCC[CH2][Sn]([CH3])([CH2]CCC)[CH](CCC)OCc1ccc(OC)cc1. The molecule has 0 fully saturated rings. The number of unbranched alkanes of at least 4 members (excludes halogenated alkanes) is 2. The van der Waals surface area contributed by atoms with Gasteiger partial charge in [0.1, 0.15) is 0 Å². The van der Waals surface area contributed by atoms with Crippen LogP contribution in [-0.2, 0) is 11.3 Å². The van der Waals surface area contributed by atoms with Crippen LogP contribution in [0.1, 0.15) is 64.9 Å². The Morgan fingerprint density at radius 2 is 1.50 bits per heavy atom. The van der Waals surface area contributed by atoms with E-state index < -0.39 is 18.4 Å². The predicted molar refractivity (Wildman–Crippen MR) is 108 cm³/mol. The molecule has 0 bridgehead atoms. The predicted octanol–water partition coefficient (Wildman–Crippen LogP) is 6.60. The third-order valence-corrected chi connectivity index (χ3v) is 19.4. The first-order valence-electron chi connectivity index (χ1n) is 9.84. The van der Waals surface area contributed by atoms with Crippen LogP contribution in [0.15, 0.2) is 24.3 Å². The summed E-state index contributed by atoms with van der Waals surface area (Å²) in [5.74, 6) is 0.916. The molecule has 2 nitrogen and oxygen atoms in total. The van der Waals surface area contributed by atoms with Crippen LogP contribution >= 0.6 is 0 Å². The number of hydrogen-bond donors (Lipinski definition) is 0. The second kappa shape index (κ2) is 12.2. The van der Waals surface area contributed by atoms with Gasteiger partial charge in [-0.15, -0.1) is 0 Å². The van der Waals surface area contributed by atoms with Crippen molar-refractivity contribution in [1.82, 2.24) is 0 Å².